The van der Waals surface area contributed by atoms with Gasteiger partial charge in [0.25, 0.3) is 0 Å². The molecule has 2 heterocycles. The predicted octanol–water partition coefficient (Wildman–Crippen LogP) is 2.60. The zero-order valence-electron chi connectivity index (χ0n) is 11.4. The first-order chi connectivity index (χ1) is 9.31. The predicted molar refractivity (Wildman–Crippen MR) is 75.8 cm³/mol. The molecule has 2 saturated heterocycles. The molecule has 0 N–H and O–H groups in total. The van der Waals surface area contributed by atoms with Gasteiger partial charge in [0.05, 0.1) is 27.4 Å². The van der Waals surface area contributed by atoms with Gasteiger partial charge < -0.3 is 22.6 Å². The van der Waals surface area contributed by atoms with Crippen molar-refractivity contribution in [1.29, 1.82) is 0 Å². The molecule has 7 heteroatoms. The Kier molecular flexibility index (Phi) is 7.28. The van der Waals surface area contributed by atoms with Gasteiger partial charge in [-0.15, -0.1) is 0 Å². The number of hydrogen-bond donors (Lipinski definition) is 0. The monoisotopic (exact) mass is 310 g/mol. The van der Waals surface area contributed by atoms with E-state index in [-0.39, 0.29) is 12.6 Å². The first-order valence-corrected chi connectivity index (χ1v) is 8.20. The molecule has 0 saturated carbocycles. The highest BCUT2D eigenvalue weighted by molar-refractivity contribution is 7.95. The van der Waals surface area contributed by atoms with Crippen LogP contribution in [0.1, 0.15) is 25.7 Å². The lowest BCUT2D eigenvalue weighted by atomic mass is 10.2. The van der Waals surface area contributed by atoms with Crippen LogP contribution in [-0.4, -0.2) is 50.5 Å². The van der Waals surface area contributed by atoms with Crippen LogP contribution in [0, 0.1) is 0 Å². The number of ether oxygens (including phenoxy) is 3. The molecular weight excluding hydrogens is 288 g/mol. The Hall–Kier alpha value is 0.500. The molecule has 0 amide bonds. The third-order valence-corrected chi connectivity index (χ3v) is 4.95. The second-order valence-electron chi connectivity index (χ2n) is 4.56. The van der Waals surface area contributed by atoms with Crippen molar-refractivity contribution in [2.24, 2.45) is 0 Å². The molecule has 19 heavy (non-hydrogen) atoms. The Morgan fingerprint density at radius 2 is 1.32 bits per heavy atom. The quantitative estimate of drug-likeness (QED) is 0.699. The van der Waals surface area contributed by atoms with E-state index in [1.165, 1.54) is 24.1 Å². The summed E-state index contributed by atoms with van der Waals surface area (Å²) in [4.78, 5) is 0. The van der Waals surface area contributed by atoms with Gasteiger partial charge in [-0.1, -0.05) is 0 Å². The molecule has 0 aromatic rings. The minimum absolute atomic E-state index is 0.183. The Morgan fingerprint density at radius 3 is 1.74 bits per heavy atom. The molecule has 0 aliphatic carbocycles. The van der Waals surface area contributed by atoms with Crippen molar-refractivity contribution in [2.45, 2.75) is 48.8 Å². The second kappa shape index (κ2) is 8.71. The van der Waals surface area contributed by atoms with E-state index in [1.54, 1.807) is 14.2 Å². The molecule has 2 aliphatic heterocycles. The standard InChI is InChI=1S/C12H22O5S2/c1-13-18-9-3-5-15-11(7-9)17-12-8-10(19-14-2)4-6-16-12/h9-12H,3-8H2,1-2H3. The summed E-state index contributed by atoms with van der Waals surface area (Å²) in [5.41, 5.74) is 0. The Balaban J connectivity index is 1.73. The van der Waals surface area contributed by atoms with E-state index >= 15 is 0 Å². The molecule has 2 rings (SSSR count). The Morgan fingerprint density at radius 1 is 0.842 bits per heavy atom. The van der Waals surface area contributed by atoms with Crippen molar-refractivity contribution >= 4 is 24.1 Å². The summed E-state index contributed by atoms with van der Waals surface area (Å²) in [6.45, 7) is 1.43. The van der Waals surface area contributed by atoms with Crippen molar-refractivity contribution in [3.05, 3.63) is 0 Å². The highest BCUT2D eigenvalue weighted by Gasteiger charge is 2.30. The van der Waals surface area contributed by atoms with Gasteiger partial charge in [-0.3, -0.25) is 0 Å². The average Bonchev–Trinajstić information content (AvgIpc) is 2.40. The summed E-state index contributed by atoms with van der Waals surface area (Å²) >= 11 is 3.00. The van der Waals surface area contributed by atoms with E-state index in [0.717, 1.165) is 25.7 Å². The fourth-order valence-electron chi connectivity index (χ4n) is 2.27. The van der Waals surface area contributed by atoms with Crippen molar-refractivity contribution in [3.8, 4) is 0 Å². The van der Waals surface area contributed by atoms with Gasteiger partial charge in [0, 0.05) is 23.3 Å². The number of rotatable bonds is 6. The van der Waals surface area contributed by atoms with Crippen LogP contribution in [0.5, 0.6) is 0 Å². The first kappa shape index (κ1) is 15.9. The average molecular weight is 310 g/mol. The van der Waals surface area contributed by atoms with Gasteiger partial charge in [-0.05, 0) is 36.9 Å². The zero-order chi connectivity index (χ0) is 13.5. The molecule has 0 radical (unpaired) electrons. The van der Waals surface area contributed by atoms with E-state index in [4.69, 9.17) is 22.6 Å². The SMILES string of the molecule is COSC1CCOC(OC2CC(SOC)CCO2)C1. The molecule has 0 aromatic carbocycles. The molecule has 4 atom stereocenters. The highest BCUT2D eigenvalue weighted by Crippen LogP contribution is 2.30. The van der Waals surface area contributed by atoms with Gasteiger partial charge in [0.2, 0.25) is 0 Å². The van der Waals surface area contributed by atoms with E-state index < -0.39 is 0 Å². The lowest BCUT2D eigenvalue weighted by Crippen LogP contribution is -2.37. The fourth-order valence-corrected chi connectivity index (χ4v) is 3.67. The normalized spacial score (nSPS) is 36.3. The smallest absolute Gasteiger partial charge is 0.161 e. The van der Waals surface area contributed by atoms with Gasteiger partial charge in [-0.2, -0.15) is 0 Å². The van der Waals surface area contributed by atoms with Crippen LogP contribution in [0.25, 0.3) is 0 Å². The van der Waals surface area contributed by atoms with Crippen LogP contribution in [0.3, 0.4) is 0 Å². The Bertz CT molecular complexity index is 228. The molecule has 4 unspecified atom stereocenters. The van der Waals surface area contributed by atoms with Crippen molar-refractivity contribution in [3.63, 3.8) is 0 Å². The van der Waals surface area contributed by atoms with E-state index in [1.807, 2.05) is 0 Å². The maximum absolute atomic E-state index is 5.90. The maximum Gasteiger partial charge on any atom is 0.161 e. The van der Waals surface area contributed by atoms with E-state index in [2.05, 4.69) is 0 Å². The van der Waals surface area contributed by atoms with Crippen LogP contribution >= 0.6 is 24.1 Å². The van der Waals surface area contributed by atoms with E-state index in [9.17, 15) is 0 Å². The van der Waals surface area contributed by atoms with Crippen molar-refractivity contribution in [1.82, 2.24) is 0 Å². The topological polar surface area (TPSA) is 46.2 Å². The summed E-state index contributed by atoms with van der Waals surface area (Å²) in [5, 5.41) is 0.882. The molecule has 2 aliphatic rings. The lowest BCUT2D eigenvalue weighted by molar-refractivity contribution is -0.262. The lowest BCUT2D eigenvalue weighted by Gasteiger charge is -2.34. The van der Waals surface area contributed by atoms with Crippen molar-refractivity contribution < 1.29 is 22.6 Å². The summed E-state index contributed by atoms with van der Waals surface area (Å²) in [6, 6.07) is 0. The number of hydrogen-bond acceptors (Lipinski definition) is 7. The second-order valence-corrected chi connectivity index (χ2v) is 6.94. The molecule has 0 bridgehead atoms. The largest absolute Gasteiger partial charge is 0.352 e. The Labute approximate surface area is 123 Å². The summed E-state index contributed by atoms with van der Waals surface area (Å²) in [7, 11) is 3.40. The molecule has 2 fully saturated rings. The van der Waals surface area contributed by atoms with Gasteiger partial charge >= 0.3 is 0 Å². The summed E-state index contributed by atoms with van der Waals surface area (Å²) in [5.74, 6) is 0. The highest BCUT2D eigenvalue weighted by atomic mass is 32.2. The van der Waals surface area contributed by atoms with Crippen LogP contribution < -0.4 is 0 Å². The molecule has 112 valence electrons. The fraction of sp³-hybridized carbons (Fsp3) is 1.00. The third kappa shape index (κ3) is 5.41. The molecule has 0 aromatic heterocycles. The van der Waals surface area contributed by atoms with Crippen LogP contribution in [0.4, 0.5) is 0 Å². The van der Waals surface area contributed by atoms with E-state index in [0.29, 0.717) is 23.7 Å². The van der Waals surface area contributed by atoms with Gasteiger partial charge in [0.1, 0.15) is 0 Å². The van der Waals surface area contributed by atoms with Crippen LogP contribution in [-0.2, 0) is 22.6 Å². The van der Waals surface area contributed by atoms with Gasteiger partial charge in [0.15, 0.2) is 12.6 Å². The summed E-state index contributed by atoms with van der Waals surface area (Å²) < 4.78 is 27.4. The first-order valence-electron chi connectivity index (χ1n) is 6.59. The van der Waals surface area contributed by atoms with Gasteiger partial charge in [-0.25, -0.2) is 0 Å². The maximum atomic E-state index is 5.90. The molecule has 5 nitrogen and oxygen atoms in total. The third-order valence-electron chi connectivity index (χ3n) is 3.17. The zero-order valence-corrected chi connectivity index (χ0v) is 13.0. The van der Waals surface area contributed by atoms with Crippen LogP contribution in [0.15, 0.2) is 0 Å². The minimum atomic E-state index is -0.183. The van der Waals surface area contributed by atoms with Crippen LogP contribution in [0.2, 0.25) is 0 Å². The molecule has 0 spiro atoms. The van der Waals surface area contributed by atoms with Crippen molar-refractivity contribution in [2.75, 3.05) is 27.4 Å². The summed E-state index contributed by atoms with van der Waals surface area (Å²) in [6.07, 6.45) is 3.34. The molecular formula is C12H22O5S2. The minimum Gasteiger partial charge on any atom is -0.352 e.